The monoisotopic (exact) mass is 483 g/mol. The van der Waals surface area contributed by atoms with Crippen LogP contribution in [0.2, 0.25) is 0 Å². The molecule has 34 heavy (non-hydrogen) atoms. The Morgan fingerprint density at radius 3 is 2.59 bits per heavy atom. The van der Waals surface area contributed by atoms with E-state index in [0.717, 1.165) is 34.5 Å². The number of rotatable bonds is 5. The van der Waals surface area contributed by atoms with E-state index in [4.69, 9.17) is 9.83 Å². The molecule has 2 aromatic rings. The van der Waals surface area contributed by atoms with Crippen molar-refractivity contribution in [1.82, 2.24) is 20.7 Å². The molecule has 3 atom stereocenters. The molecule has 1 aromatic heterocycles. The van der Waals surface area contributed by atoms with E-state index < -0.39 is 17.2 Å². The lowest BCUT2D eigenvalue weighted by atomic mass is 9.85. The minimum Gasteiger partial charge on any atom is -0.344 e. The summed E-state index contributed by atoms with van der Waals surface area (Å²) in [5.41, 5.74) is 6.60. The first-order chi connectivity index (χ1) is 16.0. The number of hydrogen-bond acceptors (Lipinski definition) is 7. The average molecular weight is 484 g/mol. The lowest BCUT2D eigenvalue weighted by molar-refractivity contribution is -0.139. The standard InChI is InChI=1S/C25H33N5O3S/c1-15-20(34-14-26-15)17-9-11-18(12-10-17)25(6)28-22(29-33-25)19-8-7-13-30(19)23(32)21(24(3,4)5)27-16(2)31/h9-12,14,19,21H,7-8,13H2,1-6H3,(H,27,31)(H,28,29). The summed E-state index contributed by atoms with van der Waals surface area (Å²) in [5, 5.41) is 2.85. The van der Waals surface area contributed by atoms with E-state index in [1.165, 1.54) is 6.92 Å². The molecule has 2 N–H and O–H groups in total. The molecule has 9 heteroatoms. The van der Waals surface area contributed by atoms with Gasteiger partial charge in [0.1, 0.15) is 11.9 Å². The summed E-state index contributed by atoms with van der Waals surface area (Å²) in [7, 11) is 0. The fourth-order valence-electron chi connectivity index (χ4n) is 4.54. The highest BCUT2D eigenvalue weighted by atomic mass is 32.1. The van der Waals surface area contributed by atoms with Crippen LogP contribution in [0.5, 0.6) is 0 Å². The maximum atomic E-state index is 13.5. The zero-order valence-corrected chi connectivity index (χ0v) is 21.5. The number of nitrogens with one attached hydrogen (secondary N) is 2. The van der Waals surface area contributed by atoms with Crippen LogP contribution >= 0.6 is 11.3 Å². The van der Waals surface area contributed by atoms with Crippen LogP contribution in [0, 0.1) is 12.3 Å². The van der Waals surface area contributed by atoms with Crippen molar-refractivity contribution in [2.45, 2.75) is 72.2 Å². The second-order valence-corrected chi connectivity index (χ2v) is 11.1. The molecule has 2 aliphatic heterocycles. The zero-order valence-electron chi connectivity index (χ0n) is 20.6. The predicted molar refractivity (Wildman–Crippen MR) is 133 cm³/mol. The largest absolute Gasteiger partial charge is 0.344 e. The number of aliphatic imine (C=N–C) groups is 1. The summed E-state index contributed by atoms with van der Waals surface area (Å²) < 4.78 is 0. The molecule has 8 nitrogen and oxygen atoms in total. The van der Waals surface area contributed by atoms with Gasteiger partial charge in [-0.3, -0.25) is 9.59 Å². The van der Waals surface area contributed by atoms with Crippen LogP contribution in [0.1, 0.15) is 58.7 Å². The minimum atomic E-state index is -0.894. The molecule has 3 unspecified atom stereocenters. The number of carbonyl (C=O) groups excluding carboxylic acids is 2. The van der Waals surface area contributed by atoms with E-state index in [1.807, 2.05) is 57.2 Å². The lowest BCUT2D eigenvalue weighted by Gasteiger charge is -2.35. The molecule has 4 rings (SSSR count). The molecule has 0 bridgehead atoms. The number of thiazole rings is 1. The Morgan fingerprint density at radius 2 is 2.00 bits per heavy atom. The normalized spacial score (nSPS) is 23.4. The number of amides is 2. The van der Waals surface area contributed by atoms with Crippen LogP contribution in [-0.2, 0) is 20.2 Å². The smallest absolute Gasteiger partial charge is 0.246 e. The SMILES string of the molecule is CC(=O)NC(C(=O)N1CCCC1C1=NC(C)(c2ccc(-c3scnc3C)cc2)ON1)C(C)(C)C. The van der Waals surface area contributed by atoms with E-state index in [0.29, 0.717) is 12.4 Å². The first kappa shape index (κ1) is 24.3. The van der Waals surface area contributed by atoms with Crippen molar-refractivity contribution in [1.29, 1.82) is 0 Å². The van der Waals surface area contributed by atoms with Crippen molar-refractivity contribution in [3.63, 3.8) is 0 Å². The van der Waals surface area contributed by atoms with E-state index in [2.05, 4.69) is 27.9 Å². The minimum absolute atomic E-state index is 0.0902. The molecule has 182 valence electrons. The molecule has 2 amide bonds. The number of benzene rings is 1. The topological polar surface area (TPSA) is 95.9 Å². The van der Waals surface area contributed by atoms with Crippen LogP contribution in [-0.4, -0.2) is 46.2 Å². The summed E-state index contributed by atoms with van der Waals surface area (Å²) in [6, 6.07) is 7.34. The van der Waals surface area contributed by atoms with Gasteiger partial charge < -0.3 is 10.2 Å². The van der Waals surface area contributed by atoms with Crippen LogP contribution in [0.3, 0.4) is 0 Å². The van der Waals surface area contributed by atoms with Gasteiger partial charge in [-0.2, -0.15) is 0 Å². The first-order valence-electron chi connectivity index (χ1n) is 11.6. The van der Waals surface area contributed by atoms with Gasteiger partial charge in [0.25, 0.3) is 0 Å². The number of aromatic nitrogens is 1. The third-order valence-corrected chi connectivity index (χ3v) is 7.41. The van der Waals surface area contributed by atoms with Gasteiger partial charge in [0.05, 0.1) is 22.1 Å². The highest BCUT2D eigenvalue weighted by Gasteiger charge is 2.44. The third-order valence-electron chi connectivity index (χ3n) is 6.43. The van der Waals surface area contributed by atoms with E-state index in [9.17, 15) is 9.59 Å². The Balaban J connectivity index is 1.55. The van der Waals surface area contributed by atoms with Gasteiger partial charge in [-0.1, -0.05) is 45.0 Å². The number of hydroxylamine groups is 1. The molecule has 0 saturated carbocycles. The van der Waals surface area contributed by atoms with Crippen molar-refractivity contribution < 1.29 is 14.4 Å². The molecule has 2 aliphatic rings. The predicted octanol–water partition coefficient (Wildman–Crippen LogP) is 3.77. The number of amidine groups is 1. The van der Waals surface area contributed by atoms with Crippen LogP contribution < -0.4 is 10.8 Å². The van der Waals surface area contributed by atoms with Crippen molar-refractivity contribution in [2.24, 2.45) is 10.4 Å². The van der Waals surface area contributed by atoms with Gasteiger partial charge >= 0.3 is 0 Å². The average Bonchev–Trinajstić information content (AvgIpc) is 3.51. The Labute approximate surface area is 204 Å². The number of aryl methyl sites for hydroxylation is 1. The quantitative estimate of drug-likeness (QED) is 0.675. The van der Waals surface area contributed by atoms with Crippen molar-refractivity contribution in [3.05, 3.63) is 41.0 Å². The Bertz CT molecular complexity index is 1100. The fourth-order valence-corrected chi connectivity index (χ4v) is 5.35. The molecule has 0 spiro atoms. The Kier molecular flexibility index (Phi) is 6.52. The third kappa shape index (κ3) is 4.72. The van der Waals surface area contributed by atoms with Gasteiger partial charge in [-0.05, 0) is 37.7 Å². The summed E-state index contributed by atoms with van der Waals surface area (Å²) in [6.45, 7) is 11.9. The van der Waals surface area contributed by atoms with Gasteiger partial charge in [-0.25, -0.2) is 20.3 Å². The summed E-state index contributed by atoms with van der Waals surface area (Å²) in [6.07, 6.45) is 1.66. The van der Waals surface area contributed by atoms with Crippen molar-refractivity contribution in [2.75, 3.05) is 6.54 Å². The van der Waals surface area contributed by atoms with Crippen LogP contribution in [0.15, 0.2) is 34.8 Å². The lowest BCUT2D eigenvalue weighted by Crippen LogP contribution is -2.57. The molecule has 1 saturated heterocycles. The highest BCUT2D eigenvalue weighted by Crippen LogP contribution is 2.35. The second-order valence-electron chi connectivity index (χ2n) is 10.2. The fraction of sp³-hybridized carbons (Fsp3) is 0.520. The van der Waals surface area contributed by atoms with E-state index in [1.54, 1.807) is 11.3 Å². The molecule has 0 radical (unpaired) electrons. The molecule has 0 aliphatic carbocycles. The molecule has 3 heterocycles. The maximum Gasteiger partial charge on any atom is 0.246 e. The zero-order chi connectivity index (χ0) is 24.7. The van der Waals surface area contributed by atoms with Gasteiger partial charge in [0.2, 0.25) is 17.5 Å². The van der Waals surface area contributed by atoms with Crippen molar-refractivity contribution >= 4 is 29.0 Å². The molecule has 1 aromatic carbocycles. The number of carbonyl (C=O) groups is 2. The maximum absolute atomic E-state index is 13.5. The van der Waals surface area contributed by atoms with E-state index >= 15 is 0 Å². The molecular weight excluding hydrogens is 450 g/mol. The number of likely N-dealkylation sites (tertiary alicyclic amines) is 1. The summed E-state index contributed by atoms with van der Waals surface area (Å²) in [5.74, 6) is 0.340. The Hall–Kier alpha value is -2.78. The van der Waals surface area contributed by atoms with E-state index in [-0.39, 0.29) is 17.9 Å². The summed E-state index contributed by atoms with van der Waals surface area (Å²) in [4.78, 5) is 43.4. The number of nitrogens with zero attached hydrogens (tertiary/aromatic N) is 3. The highest BCUT2D eigenvalue weighted by molar-refractivity contribution is 7.13. The van der Waals surface area contributed by atoms with Crippen molar-refractivity contribution in [3.8, 4) is 10.4 Å². The molecular formula is C25H33N5O3S. The first-order valence-corrected chi connectivity index (χ1v) is 12.5. The Morgan fingerprint density at radius 1 is 1.29 bits per heavy atom. The summed E-state index contributed by atoms with van der Waals surface area (Å²) >= 11 is 1.62. The second kappa shape index (κ2) is 9.11. The van der Waals surface area contributed by atoms with Gasteiger partial charge in [0.15, 0.2) is 0 Å². The van der Waals surface area contributed by atoms with Gasteiger partial charge in [0, 0.05) is 19.0 Å². The molecule has 1 fully saturated rings. The van der Waals surface area contributed by atoms with Gasteiger partial charge in [-0.15, -0.1) is 11.3 Å². The van der Waals surface area contributed by atoms with Crippen LogP contribution in [0.25, 0.3) is 10.4 Å². The number of hydrogen-bond donors (Lipinski definition) is 2. The van der Waals surface area contributed by atoms with Crippen LogP contribution in [0.4, 0.5) is 0 Å².